The lowest BCUT2D eigenvalue weighted by Gasteiger charge is -2.33. The van der Waals surface area contributed by atoms with Crippen molar-refractivity contribution in [1.29, 1.82) is 0 Å². The number of piperidine rings is 1. The summed E-state index contributed by atoms with van der Waals surface area (Å²) in [7, 11) is 0. The Kier molecular flexibility index (Phi) is 5.38. The molecule has 0 spiro atoms. The van der Waals surface area contributed by atoms with Crippen molar-refractivity contribution in [3.8, 4) is 0 Å². The lowest BCUT2D eigenvalue weighted by atomic mass is 9.79. The summed E-state index contributed by atoms with van der Waals surface area (Å²) in [6.45, 7) is 7.16. The van der Waals surface area contributed by atoms with Crippen LogP contribution in [-0.2, 0) is 10.3 Å². The highest BCUT2D eigenvalue weighted by Gasteiger charge is 2.50. The van der Waals surface area contributed by atoms with E-state index in [9.17, 15) is 14.4 Å². The summed E-state index contributed by atoms with van der Waals surface area (Å²) >= 11 is 0. The number of aromatic nitrogens is 2. The van der Waals surface area contributed by atoms with Gasteiger partial charge in [-0.25, -0.2) is 9.78 Å². The van der Waals surface area contributed by atoms with Crippen molar-refractivity contribution in [2.75, 3.05) is 13.1 Å². The van der Waals surface area contributed by atoms with Crippen LogP contribution in [0, 0.1) is 12.8 Å². The molecule has 2 saturated heterocycles. The molecule has 0 radical (unpaired) electrons. The van der Waals surface area contributed by atoms with Gasteiger partial charge in [-0.05, 0) is 61.1 Å². The third-order valence-corrected chi connectivity index (χ3v) is 7.19. The van der Waals surface area contributed by atoms with E-state index in [2.05, 4.69) is 38.5 Å². The number of urea groups is 1. The molecule has 176 valence electrons. The van der Waals surface area contributed by atoms with Crippen LogP contribution in [0.3, 0.4) is 0 Å². The number of amides is 4. The number of carbonyl (C=O) groups is 3. The van der Waals surface area contributed by atoms with Crippen molar-refractivity contribution in [3.05, 3.63) is 65.5 Å². The summed E-state index contributed by atoms with van der Waals surface area (Å²) in [5.74, 6) is -0.534. The molecule has 1 unspecified atom stereocenters. The van der Waals surface area contributed by atoms with Crippen LogP contribution < -0.4 is 10.6 Å². The van der Waals surface area contributed by atoms with E-state index in [1.807, 2.05) is 31.9 Å². The number of nitrogens with zero attached hydrogens (tertiary/aromatic N) is 3. The molecule has 1 atom stereocenters. The first-order valence-electron chi connectivity index (χ1n) is 11.8. The molecule has 5 rings (SSSR count). The molecule has 1 aromatic carbocycles. The molecule has 2 aliphatic rings. The summed E-state index contributed by atoms with van der Waals surface area (Å²) < 4.78 is 2.23. The zero-order chi connectivity index (χ0) is 24.0. The summed E-state index contributed by atoms with van der Waals surface area (Å²) in [4.78, 5) is 44.0. The van der Waals surface area contributed by atoms with Crippen LogP contribution >= 0.6 is 0 Å². The molecule has 34 heavy (non-hydrogen) atoms. The van der Waals surface area contributed by atoms with Gasteiger partial charge in [0.15, 0.2) is 0 Å². The van der Waals surface area contributed by atoms with E-state index in [1.165, 1.54) is 0 Å². The van der Waals surface area contributed by atoms with Crippen molar-refractivity contribution in [3.63, 3.8) is 0 Å². The van der Waals surface area contributed by atoms with E-state index in [4.69, 9.17) is 0 Å². The molecule has 2 aromatic heterocycles. The fourth-order valence-electron chi connectivity index (χ4n) is 5.27. The average Bonchev–Trinajstić information content (AvgIpc) is 3.38. The molecule has 0 saturated carbocycles. The quantitative estimate of drug-likeness (QED) is 0.584. The Bertz CT molecular complexity index is 1270. The van der Waals surface area contributed by atoms with Crippen LogP contribution in [0.1, 0.15) is 54.2 Å². The maximum atomic E-state index is 13.2. The molecular weight excluding hydrogens is 430 g/mol. The minimum Gasteiger partial charge on any atom is -0.338 e. The first-order chi connectivity index (χ1) is 16.3. The van der Waals surface area contributed by atoms with Gasteiger partial charge in [0.25, 0.3) is 11.8 Å². The van der Waals surface area contributed by atoms with Gasteiger partial charge in [0.05, 0.1) is 0 Å². The summed E-state index contributed by atoms with van der Waals surface area (Å²) in [5.41, 5.74) is 2.26. The van der Waals surface area contributed by atoms with Crippen LogP contribution in [0.4, 0.5) is 4.79 Å². The number of fused-ring (bicyclic) bond motifs is 1. The second-order valence-corrected chi connectivity index (χ2v) is 9.62. The highest BCUT2D eigenvalue weighted by molar-refractivity contribution is 6.07. The predicted octanol–water partition coefficient (Wildman–Crippen LogP) is 3.51. The molecule has 4 heterocycles. The van der Waals surface area contributed by atoms with Crippen molar-refractivity contribution in [2.45, 2.75) is 45.2 Å². The molecule has 2 aliphatic heterocycles. The fraction of sp³-hybridized carbons (Fsp3) is 0.385. The third kappa shape index (κ3) is 3.54. The SMILES string of the molecule is Cc1cnc2c(ccn2C2CCN(C(=O)c3ccc(C4(C(C)C)NC(=O)NC4=O)cc3)CC2)c1. The van der Waals surface area contributed by atoms with Crippen LogP contribution in [-0.4, -0.2) is 45.4 Å². The topological polar surface area (TPSA) is 96.3 Å². The number of benzene rings is 1. The minimum atomic E-state index is -1.12. The smallest absolute Gasteiger partial charge is 0.322 e. The van der Waals surface area contributed by atoms with E-state index in [-0.39, 0.29) is 17.7 Å². The Morgan fingerprint density at radius 3 is 2.44 bits per heavy atom. The lowest BCUT2D eigenvalue weighted by molar-refractivity contribution is -0.125. The van der Waals surface area contributed by atoms with Gasteiger partial charge in [-0.3, -0.25) is 14.9 Å². The van der Waals surface area contributed by atoms with Gasteiger partial charge in [-0.2, -0.15) is 0 Å². The van der Waals surface area contributed by atoms with Gasteiger partial charge < -0.3 is 14.8 Å². The standard InChI is InChI=1S/C26H29N5O3/c1-16(2)26(24(33)28-25(34)29-26)20-6-4-18(5-7-20)23(32)30-11-9-21(10-12-30)31-13-8-19-14-17(3)15-27-22(19)31/h4-8,13-16,21H,9-12H2,1-3H3,(H2,28,29,33,34). The average molecular weight is 460 g/mol. The van der Waals surface area contributed by atoms with Crippen LogP contribution in [0.15, 0.2) is 48.8 Å². The molecule has 0 bridgehead atoms. The number of imide groups is 1. The Morgan fingerprint density at radius 2 is 1.82 bits per heavy atom. The fourth-order valence-corrected chi connectivity index (χ4v) is 5.27. The van der Waals surface area contributed by atoms with Gasteiger partial charge in [-0.15, -0.1) is 0 Å². The first-order valence-corrected chi connectivity index (χ1v) is 11.8. The number of aryl methyl sites for hydroxylation is 1. The number of hydrogen-bond acceptors (Lipinski definition) is 4. The molecule has 8 nitrogen and oxygen atoms in total. The second kappa shape index (κ2) is 8.27. The zero-order valence-electron chi connectivity index (χ0n) is 19.7. The summed E-state index contributed by atoms with van der Waals surface area (Å²) in [5, 5.41) is 6.26. The Hall–Kier alpha value is -3.68. The largest absolute Gasteiger partial charge is 0.338 e. The monoisotopic (exact) mass is 459 g/mol. The molecule has 4 amide bonds. The van der Waals surface area contributed by atoms with Gasteiger partial charge in [0.1, 0.15) is 11.2 Å². The van der Waals surface area contributed by atoms with E-state index in [1.54, 1.807) is 24.3 Å². The number of carbonyl (C=O) groups excluding carboxylic acids is 3. The van der Waals surface area contributed by atoms with Crippen LogP contribution in [0.25, 0.3) is 11.0 Å². The maximum Gasteiger partial charge on any atom is 0.322 e. The summed E-state index contributed by atoms with van der Waals surface area (Å²) in [6, 6.07) is 11.1. The zero-order valence-corrected chi connectivity index (χ0v) is 19.7. The van der Waals surface area contributed by atoms with Gasteiger partial charge in [-0.1, -0.05) is 26.0 Å². The van der Waals surface area contributed by atoms with Crippen molar-refractivity contribution >= 4 is 28.9 Å². The Balaban J connectivity index is 1.28. The van der Waals surface area contributed by atoms with Crippen molar-refractivity contribution in [2.24, 2.45) is 5.92 Å². The van der Waals surface area contributed by atoms with Crippen molar-refractivity contribution in [1.82, 2.24) is 25.1 Å². The van der Waals surface area contributed by atoms with E-state index in [0.717, 1.165) is 29.4 Å². The molecular formula is C26H29N5O3. The summed E-state index contributed by atoms with van der Waals surface area (Å²) in [6.07, 6.45) is 5.73. The number of hydrogen-bond donors (Lipinski definition) is 2. The van der Waals surface area contributed by atoms with Gasteiger partial charge in [0, 0.05) is 42.5 Å². The predicted molar refractivity (Wildman–Crippen MR) is 128 cm³/mol. The Morgan fingerprint density at radius 1 is 1.12 bits per heavy atom. The molecule has 0 aliphatic carbocycles. The highest BCUT2D eigenvalue weighted by atomic mass is 16.2. The van der Waals surface area contributed by atoms with E-state index in [0.29, 0.717) is 30.3 Å². The lowest BCUT2D eigenvalue weighted by Crippen LogP contribution is -2.48. The van der Waals surface area contributed by atoms with Crippen molar-refractivity contribution < 1.29 is 14.4 Å². The van der Waals surface area contributed by atoms with E-state index < -0.39 is 11.6 Å². The maximum absolute atomic E-state index is 13.2. The molecule has 3 aromatic rings. The number of nitrogens with one attached hydrogen (secondary N) is 2. The third-order valence-electron chi connectivity index (χ3n) is 7.19. The molecule has 8 heteroatoms. The highest BCUT2D eigenvalue weighted by Crippen LogP contribution is 2.33. The number of rotatable bonds is 4. The number of pyridine rings is 1. The van der Waals surface area contributed by atoms with E-state index >= 15 is 0 Å². The van der Waals surface area contributed by atoms with Gasteiger partial charge in [0.2, 0.25) is 0 Å². The number of likely N-dealkylation sites (tertiary alicyclic amines) is 1. The van der Waals surface area contributed by atoms with Crippen LogP contribution in [0.2, 0.25) is 0 Å². The first kappa shape index (κ1) is 22.1. The normalized spacial score (nSPS) is 21.2. The Labute approximate surface area is 198 Å². The second-order valence-electron chi connectivity index (χ2n) is 9.62. The molecule has 2 fully saturated rings. The van der Waals surface area contributed by atoms with Gasteiger partial charge >= 0.3 is 6.03 Å². The van der Waals surface area contributed by atoms with Crippen LogP contribution in [0.5, 0.6) is 0 Å². The minimum absolute atomic E-state index is 0.0189. The molecule has 2 N–H and O–H groups in total.